The van der Waals surface area contributed by atoms with Gasteiger partial charge in [0, 0.05) is 18.7 Å². The molecule has 0 radical (unpaired) electrons. The molecule has 2 heteroatoms. The Labute approximate surface area is 117 Å². The summed E-state index contributed by atoms with van der Waals surface area (Å²) in [5.41, 5.74) is 1.49. The molecule has 0 aliphatic heterocycles. The molecule has 1 aromatic carbocycles. The molecule has 0 aromatic heterocycles. The lowest BCUT2D eigenvalue weighted by atomic mass is 9.80. The molecule has 2 rings (SSSR count). The van der Waals surface area contributed by atoms with Gasteiger partial charge < -0.3 is 10.1 Å². The van der Waals surface area contributed by atoms with E-state index in [9.17, 15) is 0 Å². The molecule has 3 atom stereocenters. The van der Waals surface area contributed by atoms with Gasteiger partial charge in [-0.25, -0.2) is 0 Å². The zero-order valence-electron chi connectivity index (χ0n) is 12.3. The van der Waals surface area contributed by atoms with Crippen molar-refractivity contribution in [3.05, 3.63) is 35.9 Å². The quantitative estimate of drug-likeness (QED) is 0.842. The summed E-state index contributed by atoms with van der Waals surface area (Å²) < 4.78 is 5.52. The molecule has 1 saturated carbocycles. The van der Waals surface area contributed by atoms with Gasteiger partial charge in [-0.15, -0.1) is 0 Å². The van der Waals surface area contributed by atoms with E-state index in [1.165, 1.54) is 31.2 Å². The van der Waals surface area contributed by atoms with E-state index in [2.05, 4.69) is 49.5 Å². The molecule has 1 N–H and O–H groups in total. The summed E-state index contributed by atoms with van der Waals surface area (Å²) in [6, 6.07) is 12.0. The Morgan fingerprint density at radius 3 is 2.68 bits per heavy atom. The minimum atomic E-state index is 0.439. The maximum atomic E-state index is 5.52. The van der Waals surface area contributed by atoms with E-state index < -0.39 is 0 Å². The SMILES string of the molecule is CCOCC(C)NC1CCCCC1c1ccccc1. The molecule has 0 saturated heterocycles. The van der Waals surface area contributed by atoms with Crippen LogP contribution in [0, 0.1) is 0 Å². The molecule has 0 heterocycles. The van der Waals surface area contributed by atoms with Crippen molar-refractivity contribution in [2.45, 2.75) is 57.5 Å². The first-order valence-electron chi connectivity index (χ1n) is 7.70. The molecular weight excluding hydrogens is 234 g/mol. The van der Waals surface area contributed by atoms with Crippen molar-refractivity contribution < 1.29 is 4.74 Å². The number of ether oxygens (including phenoxy) is 1. The van der Waals surface area contributed by atoms with Crippen molar-refractivity contribution in [1.82, 2.24) is 5.32 Å². The maximum Gasteiger partial charge on any atom is 0.0616 e. The van der Waals surface area contributed by atoms with Gasteiger partial charge in [-0.3, -0.25) is 0 Å². The van der Waals surface area contributed by atoms with Crippen LogP contribution >= 0.6 is 0 Å². The highest BCUT2D eigenvalue weighted by Crippen LogP contribution is 2.33. The standard InChI is InChI=1S/C17H27NO/c1-3-19-13-14(2)18-17-12-8-7-11-16(17)15-9-5-4-6-10-15/h4-6,9-10,14,16-18H,3,7-8,11-13H2,1-2H3. The van der Waals surface area contributed by atoms with Gasteiger partial charge in [0.1, 0.15) is 0 Å². The van der Waals surface area contributed by atoms with Crippen molar-refractivity contribution in [2.24, 2.45) is 0 Å². The summed E-state index contributed by atoms with van der Waals surface area (Å²) in [6.45, 7) is 5.90. The molecule has 1 aliphatic carbocycles. The molecule has 3 unspecified atom stereocenters. The van der Waals surface area contributed by atoms with Crippen LogP contribution in [0.4, 0.5) is 0 Å². The van der Waals surface area contributed by atoms with Gasteiger partial charge in [-0.2, -0.15) is 0 Å². The Kier molecular flexibility index (Phi) is 5.87. The van der Waals surface area contributed by atoms with Crippen LogP contribution in [0.25, 0.3) is 0 Å². The second-order valence-electron chi connectivity index (χ2n) is 5.64. The fraction of sp³-hybridized carbons (Fsp3) is 0.647. The lowest BCUT2D eigenvalue weighted by Crippen LogP contribution is -2.44. The molecular formula is C17H27NO. The predicted molar refractivity (Wildman–Crippen MR) is 80.5 cm³/mol. The lowest BCUT2D eigenvalue weighted by molar-refractivity contribution is 0.119. The highest BCUT2D eigenvalue weighted by atomic mass is 16.5. The van der Waals surface area contributed by atoms with E-state index in [-0.39, 0.29) is 0 Å². The first-order chi connectivity index (χ1) is 9.31. The monoisotopic (exact) mass is 261 g/mol. The van der Waals surface area contributed by atoms with Gasteiger partial charge in [-0.05, 0) is 38.2 Å². The summed E-state index contributed by atoms with van der Waals surface area (Å²) in [6.07, 6.45) is 5.30. The van der Waals surface area contributed by atoms with Gasteiger partial charge in [0.15, 0.2) is 0 Å². The average Bonchev–Trinajstić information content (AvgIpc) is 2.46. The van der Waals surface area contributed by atoms with Crippen molar-refractivity contribution in [3.63, 3.8) is 0 Å². The third kappa shape index (κ3) is 4.32. The van der Waals surface area contributed by atoms with Crippen molar-refractivity contribution >= 4 is 0 Å². The van der Waals surface area contributed by atoms with E-state index in [4.69, 9.17) is 4.74 Å². The first kappa shape index (κ1) is 14.5. The largest absolute Gasteiger partial charge is 0.380 e. The Hall–Kier alpha value is -0.860. The molecule has 1 fully saturated rings. The Bertz CT molecular complexity index is 352. The number of rotatable bonds is 6. The summed E-state index contributed by atoms with van der Waals surface area (Å²) >= 11 is 0. The number of nitrogens with one attached hydrogen (secondary N) is 1. The van der Waals surface area contributed by atoms with Crippen LogP contribution in [0.2, 0.25) is 0 Å². The van der Waals surface area contributed by atoms with Crippen molar-refractivity contribution in [2.75, 3.05) is 13.2 Å². The van der Waals surface area contributed by atoms with E-state index in [1.54, 1.807) is 0 Å². The zero-order chi connectivity index (χ0) is 13.5. The van der Waals surface area contributed by atoms with Crippen LogP contribution in [0.5, 0.6) is 0 Å². The number of benzene rings is 1. The van der Waals surface area contributed by atoms with Gasteiger partial charge in [-0.1, -0.05) is 43.2 Å². The highest BCUT2D eigenvalue weighted by molar-refractivity contribution is 5.22. The van der Waals surface area contributed by atoms with Crippen LogP contribution < -0.4 is 5.32 Å². The van der Waals surface area contributed by atoms with E-state index >= 15 is 0 Å². The molecule has 0 spiro atoms. The summed E-state index contributed by atoms with van der Waals surface area (Å²) in [4.78, 5) is 0. The Morgan fingerprint density at radius 1 is 1.21 bits per heavy atom. The summed E-state index contributed by atoms with van der Waals surface area (Å²) in [5, 5.41) is 3.78. The zero-order valence-corrected chi connectivity index (χ0v) is 12.3. The van der Waals surface area contributed by atoms with Gasteiger partial charge >= 0.3 is 0 Å². The second kappa shape index (κ2) is 7.66. The van der Waals surface area contributed by atoms with Gasteiger partial charge in [0.05, 0.1) is 6.61 Å². The molecule has 19 heavy (non-hydrogen) atoms. The van der Waals surface area contributed by atoms with Crippen LogP contribution in [0.1, 0.15) is 51.0 Å². The maximum absolute atomic E-state index is 5.52. The predicted octanol–water partition coefficient (Wildman–Crippen LogP) is 3.73. The molecule has 106 valence electrons. The van der Waals surface area contributed by atoms with Crippen molar-refractivity contribution in [3.8, 4) is 0 Å². The van der Waals surface area contributed by atoms with Gasteiger partial charge in [0.25, 0.3) is 0 Å². The lowest BCUT2D eigenvalue weighted by Gasteiger charge is -2.34. The number of hydrogen-bond acceptors (Lipinski definition) is 2. The second-order valence-corrected chi connectivity index (χ2v) is 5.64. The molecule has 1 aliphatic rings. The minimum absolute atomic E-state index is 0.439. The normalized spacial score (nSPS) is 25.2. The van der Waals surface area contributed by atoms with Gasteiger partial charge in [0.2, 0.25) is 0 Å². The smallest absolute Gasteiger partial charge is 0.0616 e. The fourth-order valence-electron chi connectivity index (χ4n) is 3.14. The first-order valence-corrected chi connectivity index (χ1v) is 7.70. The molecule has 2 nitrogen and oxygen atoms in total. The minimum Gasteiger partial charge on any atom is -0.380 e. The van der Waals surface area contributed by atoms with E-state index in [1.807, 2.05) is 0 Å². The Morgan fingerprint density at radius 2 is 1.95 bits per heavy atom. The summed E-state index contributed by atoms with van der Waals surface area (Å²) in [7, 11) is 0. The molecule has 1 aromatic rings. The van der Waals surface area contributed by atoms with Crippen LogP contribution in [-0.2, 0) is 4.74 Å². The fourth-order valence-corrected chi connectivity index (χ4v) is 3.14. The van der Waals surface area contributed by atoms with Crippen LogP contribution in [0.3, 0.4) is 0 Å². The third-order valence-corrected chi connectivity index (χ3v) is 4.06. The Balaban J connectivity index is 1.96. The molecule has 0 bridgehead atoms. The van der Waals surface area contributed by atoms with Crippen molar-refractivity contribution in [1.29, 1.82) is 0 Å². The van der Waals surface area contributed by atoms with E-state index in [0.29, 0.717) is 18.0 Å². The highest BCUT2D eigenvalue weighted by Gasteiger charge is 2.27. The topological polar surface area (TPSA) is 21.3 Å². The third-order valence-electron chi connectivity index (χ3n) is 4.06. The molecule has 0 amide bonds. The average molecular weight is 261 g/mol. The van der Waals surface area contributed by atoms with E-state index in [0.717, 1.165) is 13.2 Å². The van der Waals surface area contributed by atoms with Crippen LogP contribution in [0.15, 0.2) is 30.3 Å². The number of hydrogen-bond donors (Lipinski definition) is 1. The summed E-state index contributed by atoms with van der Waals surface area (Å²) in [5.74, 6) is 0.666. The van der Waals surface area contributed by atoms with Crippen LogP contribution in [-0.4, -0.2) is 25.3 Å².